The van der Waals surface area contributed by atoms with E-state index in [1.165, 1.54) is 6.07 Å². The Labute approximate surface area is 143 Å². The molecule has 1 aromatic rings. The standard InChI is InChI=1S/C15H18BrClN2O3/c1-9(20)18(2)11-3-5-19(6-4-11)15(22)12-7-10(17)8-13(16)14(12)21/h7-8,11,21H,3-6H2,1-2H3. The van der Waals surface area contributed by atoms with Gasteiger partial charge in [0, 0.05) is 38.1 Å². The molecule has 1 aliphatic heterocycles. The van der Waals surface area contributed by atoms with Gasteiger partial charge in [-0.3, -0.25) is 9.59 Å². The molecule has 2 amide bonds. The van der Waals surface area contributed by atoms with Crippen LogP contribution in [-0.4, -0.2) is 52.9 Å². The molecule has 0 bridgehead atoms. The number of hydrogen-bond acceptors (Lipinski definition) is 3. The number of phenols is 1. The van der Waals surface area contributed by atoms with E-state index in [0.717, 1.165) is 12.8 Å². The van der Waals surface area contributed by atoms with Gasteiger partial charge in [0.25, 0.3) is 5.91 Å². The van der Waals surface area contributed by atoms with Gasteiger partial charge in [0.05, 0.1) is 10.0 Å². The number of carbonyl (C=O) groups excluding carboxylic acids is 2. The quantitative estimate of drug-likeness (QED) is 0.846. The fourth-order valence-electron chi connectivity index (χ4n) is 2.61. The zero-order valence-corrected chi connectivity index (χ0v) is 14.8. The molecule has 120 valence electrons. The number of hydrogen-bond donors (Lipinski definition) is 1. The summed E-state index contributed by atoms with van der Waals surface area (Å²) in [6.07, 6.45) is 1.45. The molecule has 1 heterocycles. The van der Waals surface area contributed by atoms with Gasteiger partial charge in [-0.1, -0.05) is 11.6 Å². The van der Waals surface area contributed by atoms with Crippen molar-refractivity contribution in [3.05, 3.63) is 27.2 Å². The van der Waals surface area contributed by atoms with Crippen LogP contribution in [0.3, 0.4) is 0 Å². The van der Waals surface area contributed by atoms with Crippen LogP contribution in [0.4, 0.5) is 0 Å². The molecular formula is C15H18BrClN2O3. The maximum atomic E-state index is 12.5. The fraction of sp³-hybridized carbons (Fsp3) is 0.467. The molecule has 1 fully saturated rings. The van der Waals surface area contributed by atoms with Crippen LogP contribution in [0.1, 0.15) is 30.1 Å². The third kappa shape index (κ3) is 3.55. The average molecular weight is 390 g/mol. The van der Waals surface area contributed by atoms with Crippen molar-refractivity contribution in [2.24, 2.45) is 0 Å². The summed E-state index contributed by atoms with van der Waals surface area (Å²) >= 11 is 9.13. The first-order chi connectivity index (χ1) is 10.3. The molecular weight excluding hydrogens is 372 g/mol. The maximum Gasteiger partial charge on any atom is 0.257 e. The maximum absolute atomic E-state index is 12.5. The summed E-state index contributed by atoms with van der Waals surface area (Å²) in [6, 6.07) is 3.17. The third-order valence-electron chi connectivity index (χ3n) is 4.05. The lowest BCUT2D eigenvalue weighted by atomic mass is 10.0. The molecule has 0 aliphatic carbocycles. The van der Waals surface area contributed by atoms with Crippen molar-refractivity contribution < 1.29 is 14.7 Å². The predicted molar refractivity (Wildman–Crippen MR) is 88.2 cm³/mol. The Morgan fingerprint density at radius 3 is 2.50 bits per heavy atom. The first-order valence-corrected chi connectivity index (χ1v) is 8.19. The van der Waals surface area contributed by atoms with Crippen LogP contribution in [0, 0.1) is 0 Å². The topological polar surface area (TPSA) is 60.9 Å². The van der Waals surface area contributed by atoms with Crippen LogP contribution in [-0.2, 0) is 4.79 Å². The van der Waals surface area contributed by atoms with Gasteiger partial charge in [0.1, 0.15) is 5.75 Å². The van der Waals surface area contributed by atoms with Gasteiger partial charge in [0.15, 0.2) is 0 Å². The van der Waals surface area contributed by atoms with E-state index in [0.29, 0.717) is 22.6 Å². The molecule has 0 aromatic heterocycles. The average Bonchev–Trinajstić information content (AvgIpc) is 2.49. The van der Waals surface area contributed by atoms with E-state index in [-0.39, 0.29) is 29.2 Å². The number of halogens is 2. The highest BCUT2D eigenvalue weighted by Gasteiger charge is 2.28. The molecule has 0 spiro atoms. The lowest BCUT2D eigenvalue weighted by Crippen LogP contribution is -2.46. The second-order valence-electron chi connectivity index (χ2n) is 5.44. The minimum Gasteiger partial charge on any atom is -0.506 e. The molecule has 1 N–H and O–H groups in total. The number of nitrogens with zero attached hydrogens (tertiary/aromatic N) is 2. The van der Waals surface area contributed by atoms with Gasteiger partial charge < -0.3 is 14.9 Å². The number of piperidine rings is 1. The molecule has 22 heavy (non-hydrogen) atoms. The van der Waals surface area contributed by atoms with Gasteiger partial charge in [-0.15, -0.1) is 0 Å². The highest BCUT2D eigenvalue weighted by molar-refractivity contribution is 9.10. The fourth-order valence-corrected chi connectivity index (χ4v) is 3.42. The second kappa shape index (κ2) is 6.87. The molecule has 0 atom stereocenters. The number of benzene rings is 1. The monoisotopic (exact) mass is 388 g/mol. The predicted octanol–water partition coefficient (Wildman–Crippen LogP) is 2.89. The van der Waals surface area contributed by atoms with Gasteiger partial charge in [0.2, 0.25) is 5.91 Å². The number of phenolic OH excluding ortho intramolecular Hbond substituents is 1. The Morgan fingerprint density at radius 1 is 1.36 bits per heavy atom. The van der Waals surface area contributed by atoms with E-state index in [2.05, 4.69) is 15.9 Å². The molecule has 1 aromatic carbocycles. The zero-order chi connectivity index (χ0) is 16.4. The number of likely N-dealkylation sites (tertiary alicyclic amines) is 1. The number of carbonyl (C=O) groups is 2. The highest BCUT2D eigenvalue weighted by Crippen LogP contribution is 2.32. The minimum atomic E-state index is -0.246. The van der Waals surface area contributed by atoms with E-state index in [1.54, 1.807) is 29.8 Å². The normalized spacial score (nSPS) is 15.7. The summed E-state index contributed by atoms with van der Waals surface area (Å²) in [5.74, 6) is -0.316. The first-order valence-electron chi connectivity index (χ1n) is 7.02. The van der Waals surface area contributed by atoms with Gasteiger partial charge >= 0.3 is 0 Å². The van der Waals surface area contributed by atoms with Crippen molar-refractivity contribution in [2.75, 3.05) is 20.1 Å². The van der Waals surface area contributed by atoms with Crippen LogP contribution in [0.2, 0.25) is 5.02 Å². The molecule has 1 saturated heterocycles. The summed E-state index contributed by atoms with van der Waals surface area (Å²) in [7, 11) is 1.78. The van der Waals surface area contributed by atoms with Crippen molar-refractivity contribution in [1.29, 1.82) is 0 Å². The molecule has 1 aliphatic rings. The molecule has 2 rings (SSSR count). The van der Waals surface area contributed by atoms with Crippen molar-refractivity contribution in [3.8, 4) is 5.75 Å². The van der Waals surface area contributed by atoms with Crippen molar-refractivity contribution in [2.45, 2.75) is 25.8 Å². The van der Waals surface area contributed by atoms with Gasteiger partial charge in [-0.25, -0.2) is 0 Å². The van der Waals surface area contributed by atoms with Crippen LogP contribution in [0.15, 0.2) is 16.6 Å². The van der Waals surface area contributed by atoms with Crippen LogP contribution in [0.25, 0.3) is 0 Å². The van der Waals surface area contributed by atoms with Crippen LogP contribution in [0.5, 0.6) is 5.75 Å². The molecule has 0 unspecified atom stereocenters. The summed E-state index contributed by atoms with van der Waals surface area (Å²) in [6.45, 7) is 2.63. The van der Waals surface area contributed by atoms with Gasteiger partial charge in [-0.2, -0.15) is 0 Å². The van der Waals surface area contributed by atoms with Crippen molar-refractivity contribution >= 4 is 39.3 Å². The number of aromatic hydroxyl groups is 1. The Hall–Kier alpha value is -1.27. The van der Waals surface area contributed by atoms with E-state index in [1.807, 2.05) is 0 Å². The Morgan fingerprint density at radius 2 is 1.95 bits per heavy atom. The van der Waals surface area contributed by atoms with Crippen LogP contribution >= 0.6 is 27.5 Å². The number of rotatable bonds is 2. The Bertz CT molecular complexity index is 601. The van der Waals surface area contributed by atoms with E-state index >= 15 is 0 Å². The Balaban J connectivity index is 2.09. The summed E-state index contributed by atoms with van der Waals surface area (Å²) in [4.78, 5) is 27.3. The highest BCUT2D eigenvalue weighted by atomic mass is 79.9. The zero-order valence-electron chi connectivity index (χ0n) is 12.5. The molecule has 5 nitrogen and oxygen atoms in total. The number of amides is 2. The Kier molecular flexibility index (Phi) is 5.34. The van der Waals surface area contributed by atoms with E-state index in [4.69, 9.17) is 11.6 Å². The molecule has 0 radical (unpaired) electrons. The van der Waals surface area contributed by atoms with E-state index in [9.17, 15) is 14.7 Å². The van der Waals surface area contributed by atoms with E-state index < -0.39 is 0 Å². The summed E-state index contributed by atoms with van der Waals surface area (Å²) < 4.78 is 0.398. The SMILES string of the molecule is CC(=O)N(C)C1CCN(C(=O)c2cc(Cl)cc(Br)c2O)CC1. The van der Waals surface area contributed by atoms with Crippen molar-refractivity contribution in [1.82, 2.24) is 9.80 Å². The second-order valence-corrected chi connectivity index (χ2v) is 6.73. The lowest BCUT2D eigenvalue weighted by Gasteiger charge is -2.36. The largest absolute Gasteiger partial charge is 0.506 e. The van der Waals surface area contributed by atoms with Crippen LogP contribution < -0.4 is 0 Å². The lowest BCUT2D eigenvalue weighted by molar-refractivity contribution is -0.130. The minimum absolute atomic E-state index is 0.0289. The smallest absolute Gasteiger partial charge is 0.257 e. The van der Waals surface area contributed by atoms with Gasteiger partial charge in [-0.05, 0) is 40.9 Å². The summed E-state index contributed by atoms with van der Waals surface area (Å²) in [5, 5.41) is 10.4. The molecule has 0 saturated carbocycles. The third-order valence-corrected chi connectivity index (χ3v) is 4.88. The van der Waals surface area contributed by atoms with Crippen molar-refractivity contribution in [3.63, 3.8) is 0 Å². The summed E-state index contributed by atoms with van der Waals surface area (Å²) in [5.41, 5.74) is 0.192. The molecule has 7 heteroatoms. The first kappa shape index (κ1) is 17.1.